The van der Waals surface area contributed by atoms with Crippen molar-refractivity contribution < 1.29 is 4.74 Å². The lowest BCUT2D eigenvalue weighted by Gasteiger charge is -2.40. The molecule has 1 aromatic rings. The molecule has 3 heteroatoms. The molecule has 0 aliphatic heterocycles. The second-order valence-corrected chi connectivity index (χ2v) is 6.65. The van der Waals surface area contributed by atoms with Crippen LogP contribution >= 0.6 is 11.6 Å². The third-order valence-electron chi connectivity index (χ3n) is 4.27. The van der Waals surface area contributed by atoms with Gasteiger partial charge in [0.05, 0.1) is 0 Å². The monoisotopic (exact) mass is 295 g/mol. The number of aryl methyl sites for hydroxylation is 1. The lowest BCUT2D eigenvalue weighted by molar-refractivity contribution is 0.0478. The van der Waals surface area contributed by atoms with Gasteiger partial charge in [0.2, 0.25) is 0 Å². The van der Waals surface area contributed by atoms with E-state index in [0.717, 1.165) is 28.8 Å². The summed E-state index contributed by atoms with van der Waals surface area (Å²) in [5.41, 5.74) is 1.15. The Morgan fingerprint density at radius 2 is 2.05 bits per heavy atom. The Hall–Kier alpha value is -0.730. The van der Waals surface area contributed by atoms with E-state index < -0.39 is 0 Å². The van der Waals surface area contributed by atoms with E-state index in [0.29, 0.717) is 12.0 Å². The van der Waals surface area contributed by atoms with Gasteiger partial charge in [-0.15, -0.1) is 0 Å². The van der Waals surface area contributed by atoms with Gasteiger partial charge in [-0.1, -0.05) is 38.4 Å². The molecule has 0 bridgehead atoms. The lowest BCUT2D eigenvalue weighted by Crippen LogP contribution is -2.50. The van der Waals surface area contributed by atoms with Crippen LogP contribution in [0, 0.1) is 18.8 Å². The summed E-state index contributed by atoms with van der Waals surface area (Å²) < 4.78 is 6.35. The van der Waals surface area contributed by atoms with Gasteiger partial charge in [-0.25, -0.2) is 0 Å². The van der Waals surface area contributed by atoms with Gasteiger partial charge in [0.15, 0.2) is 0 Å². The van der Waals surface area contributed by atoms with Crippen LogP contribution in [0.2, 0.25) is 5.02 Å². The summed E-state index contributed by atoms with van der Waals surface area (Å²) in [5, 5.41) is 4.33. The third-order valence-corrected chi connectivity index (χ3v) is 4.50. The first-order valence-corrected chi connectivity index (χ1v) is 8.05. The van der Waals surface area contributed by atoms with Crippen LogP contribution in [-0.2, 0) is 0 Å². The Morgan fingerprint density at radius 1 is 1.30 bits per heavy atom. The van der Waals surface area contributed by atoms with Crippen LogP contribution in [0.1, 0.15) is 39.2 Å². The van der Waals surface area contributed by atoms with Crippen LogP contribution in [0.25, 0.3) is 0 Å². The molecule has 4 unspecified atom stereocenters. The molecule has 0 amide bonds. The minimum absolute atomic E-state index is 0.225. The zero-order chi connectivity index (χ0) is 14.7. The molecular formula is C17H26ClNO. The van der Waals surface area contributed by atoms with Crippen molar-refractivity contribution in [3.8, 4) is 5.75 Å². The Balaban J connectivity index is 2.17. The molecule has 1 aromatic carbocycles. The summed E-state index contributed by atoms with van der Waals surface area (Å²) in [6.45, 7) is 9.85. The minimum Gasteiger partial charge on any atom is -0.488 e. The summed E-state index contributed by atoms with van der Waals surface area (Å²) in [4.78, 5) is 0. The second kappa shape index (κ2) is 6.82. The van der Waals surface area contributed by atoms with E-state index in [1.807, 2.05) is 18.2 Å². The molecule has 112 valence electrons. The van der Waals surface area contributed by atoms with E-state index in [4.69, 9.17) is 16.3 Å². The van der Waals surface area contributed by atoms with E-state index >= 15 is 0 Å². The predicted molar refractivity (Wildman–Crippen MR) is 85.6 cm³/mol. The van der Waals surface area contributed by atoms with Crippen molar-refractivity contribution in [2.75, 3.05) is 6.54 Å². The number of rotatable bonds is 4. The zero-order valence-corrected chi connectivity index (χ0v) is 13.7. The SMILES string of the molecule is CCNC1CC(C)CC(C)C1Oc1cc(Cl)ccc1C. The molecule has 0 heterocycles. The first-order chi connectivity index (χ1) is 9.51. The Morgan fingerprint density at radius 3 is 2.75 bits per heavy atom. The number of hydrogen-bond acceptors (Lipinski definition) is 2. The molecule has 0 radical (unpaired) electrons. The van der Waals surface area contributed by atoms with E-state index in [9.17, 15) is 0 Å². The smallest absolute Gasteiger partial charge is 0.124 e. The van der Waals surface area contributed by atoms with Crippen molar-refractivity contribution >= 4 is 11.6 Å². The molecule has 1 aliphatic carbocycles. The Bertz CT molecular complexity index is 449. The highest BCUT2D eigenvalue weighted by Gasteiger charge is 2.35. The highest BCUT2D eigenvalue weighted by Crippen LogP contribution is 2.33. The number of halogens is 1. The maximum absolute atomic E-state index is 6.35. The third kappa shape index (κ3) is 3.67. The highest BCUT2D eigenvalue weighted by atomic mass is 35.5. The van der Waals surface area contributed by atoms with Gasteiger partial charge in [0, 0.05) is 11.1 Å². The topological polar surface area (TPSA) is 21.3 Å². The number of likely N-dealkylation sites (N-methyl/N-ethyl adjacent to an activating group) is 1. The first kappa shape index (κ1) is 15.7. The standard InChI is InChI=1S/C17H26ClNO/c1-5-19-15-9-11(2)8-13(4)17(15)20-16-10-14(18)7-6-12(16)3/h6-7,10-11,13,15,17,19H,5,8-9H2,1-4H3. The van der Waals surface area contributed by atoms with Crippen LogP contribution in [0.3, 0.4) is 0 Å². The Labute approximate surface area is 127 Å². The van der Waals surface area contributed by atoms with Crippen LogP contribution in [0.5, 0.6) is 5.75 Å². The first-order valence-electron chi connectivity index (χ1n) is 7.67. The van der Waals surface area contributed by atoms with Gasteiger partial charge >= 0.3 is 0 Å². The Kier molecular flexibility index (Phi) is 5.34. The predicted octanol–water partition coefficient (Wildman–Crippen LogP) is 4.44. The van der Waals surface area contributed by atoms with Crippen molar-refractivity contribution in [3.05, 3.63) is 28.8 Å². The van der Waals surface area contributed by atoms with Crippen molar-refractivity contribution in [2.24, 2.45) is 11.8 Å². The van der Waals surface area contributed by atoms with Crippen LogP contribution in [-0.4, -0.2) is 18.7 Å². The molecule has 20 heavy (non-hydrogen) atoms. The molecule has 0 saturated heterocycles. The molecule has 1 aliphatic rings. The molecule has 4 atom stereocenters. The summed E-state index contributed by atoms with van der Waals surface area (Å²) >= 11 is 6.10. The van der Waals surface area contributed by atoms with Crippen molar-refractivity contribution in [2.45, 2.75) is 52.7 Å². The normalized spacial score (nSPS) is 30.2. The molecule has 1 fully saturated rings. The number of nitrogens with one attached hydrogen (secondary N) is 1. The van der Waals surface area contributed by atoms with E-state index in [1.165, 1.54) is 12.8 Å². The zero-order valence-electron chi connectivity index (χ0n) is 12.9. The average molecular weight is 296 g/mol. The molecule has 2 rings (SSSR count). The molecule has 1 saturated carbocycles. The largest absolute Gasteiger partial charge is 0.488 e. The minimum atomic E-state index is 0.225. The van der Waals surface area contributed by atoms with E-state index in [1.54, 1.807) is 0 Å². The van der Waals surface area contributed by atoms with Crippen molar-refractivity contribution in [3.63, 3.8) is 0 Å². The van der Waals surface area contributed by atoms with Crippen LogP contribution < -0.4 is 10.1 Å². The van der Waals surface area contributed by atoms with E-state index in [2.05, 4.69) is 33.0 Å². The molecular weight excluding hydrogens is 270 g/mol. The van der Waals surface area contributed by atoms with Crippen LogP contribution in [0.15, 0.2) is 18.2 Å². The average Bonchev–Trinajstić information content (AvgIpc) is 2.38. The lowest BCUT2D eigenvalue weighted by atomic mass is 9.78. The summed E-state index contributed by atoms with van der Waals surface area (Å²) in [6.07, 6.45) is 2.64. The van der Waals surface area contributed by atoms with Gasteiger partial charge in [-0.2, -0.15) is 0 Å². The number of ether oxygens (including phenoxy) is 1. The van der Waals surface area contributed by atoms with Gasteiger partial charge in [-0.3, -0.25) is 0 Å². The maximum atomic E-state index is 6.35. The number of benzene rings is 1. The van der Waals surface area contributed by atoms with Gasteiger partial charge in [-0.05, 0) is 55.8 Å². The van der Waals surface area contributed by atoms with Gasteiger partial charge < -0.3 is 10.1 Å². The molecule has 1 N–H and O–H groups in total. The van der Waals surface area contributed by atoms with Crippen molar-refractivity contribution in [1.29, 1.82) is 0 Å². The van der Waals surface area contributed by atoms with Crippen LogP contribution in [0.4, 0.5) is 0 Å². The molecule has 0 spiro atoms. The highest BCUT2D eigenvalue weighted by molar-refractivity contribution is 6.30. The summed E-state index contributed by atoms with van der Waals surface area (Å²) in [5.74, 6) is 2.24. The van der Waals surface area contributed by atoms with Gasteiger partial charge in [0.1, 0.15) is 11.9 Å². The summed E-state index contributed by atoms with van der Waals surface area (Å²) in [6, 6.07) is 6.30. The quantitative estimate of drug-likeness (QED) is 0.886. The maximum Gasteiger partial charge on any atom is 0.124 e. The summed E-state index contributed by atoms with van der Waals surface area (Å²) in [7, 11) is 0. The molecule has 0 aromatic heterocycles. The fourth-order valence-electron chi connectivity index (χ4n) is 3.34. The van der Waals surface area contributed by atoms with Gasteiger partial charge in [0.25, 0.3) is 0 Å². The second-order valence-electron chi connectivity index (χ2n) is 6.21. The fourth-order valence-corrected chi connectivity index (χ4v) is 3.50. The fraction of sp³-hybridized carbons (Fsp3) is 0.647. The van der Waals surface area contributed by atoms with Crippen molar-refractivity contribution in [1.82, 2.24) is 5.32 Å². The molecule has 2 nitrogen and oxygen atoms in total. The van der Waals surface area contributed by atoms with E-state index in [-0.39, 0.29) is 6.10 Å². The number of hydrogen-bond donors (Lipinski definition) is 1.